The van der Waals surface area contributed by atoms with Crippen LogP contribution in [0.4, 0.5) is 0 Å². The van der Waals surface area contributed by atoms with Crippen LogP contribution in [0.15, 0.2) is 224 Å². The van der Waals surface area contributed by atoms with Crippen LogP contribution in [-0.2, 0) is 0 Å². The molecule has 0 aliphatic rings. The molecule has 10 aromatic carbocycles. The highest BCUT2D eigenvalue weighted by atomic mass is 15.0. The smallest absolute Gasteiger partial charge is 0.160 e. The molecule has 61 heavy (non-hydrogen) atoms. The maximum absolute atomic E-state index is 5.19. The van der Waals surface area contributed by atoms with Gasteiger partial charge in [-0.1, -0.05) is 176 Å². The van der Waals surface area contributed by atoms with Gasteiger partial charge in [-0.2, -0.15) is 0 Å². The van der Waals surface area contributed by atoms with Crippen molar-refractivity contribution in [3.63, 3.8) is 0 Å². The van der Waals surface area contributed by atoms with Crippen molar-refractivity contribution in [2.75, 3.05) is 0 Å². The summed E-state index contributed by atoms with van der Waals surface area (Å²) in [5.74, 6) is 0.706. The molecule has 0 bridgehead atoms. The molecule has 12 aromatic rings. The van der Waals surface area contributed by atoms with Crippen LogP contribution in [0.3, 0.4) is 0 Å². The van der Waals surface area contributed by atoms with Crippen LogP contribution in [0.2, 0.25) is 0 Å². The van der Waals surface area contributed by atoms with Gasteiger partial charge in [0.1, 0.15) is 0 Å². The van der Waals surface area contributed by atoms with Crippen LogP contribution < -0.4 is 0 Å². The molecule has 0 aliphatic carbocycles. The lowest BCUT2D eigenvalue weighted by Gasteiger charge is -2.15. The molecule has 2 heterocycles. The lowest BCUT2D eigenvalue weighted by atomic mass is 9.92. The zero-order valence-corrected chi connectivity index (χ0v) is 33.2. The van der Waals surface area contributed by atoms with Crippen molar-refractivity contribution in [3.05, 3.63) is 224 Å². The van der Waals surface area contributed by atoms with E-state index < -0.39 is 0 Å². The summed E-state index contributed by atoms with van der Waals surface area (Å²) in [7, 11) is 0. The maximum Gasteiger partial charge on any atom is 0.160 e. The van der Waals surface area contributed by atoms with Gasteiger partial charge in [0.05, 0.1) is 22.4 Å². The molecule has 0 unspecified atom stereocenters. The summed E-state index contributed by atoms with van der Waals surface area (Å²) < 4.78 is 2.46. The van der Waals surface area contributed by atoms with E-state index in [4.69, 9.17) is 9.97 Å². The number of nitrogens with zero attached hydrogens (tertiary/aromatic N) is 3. The summed E-state index contributed by atoms with van der Waals surface area (Å²) in [5, 5.41) is 9.70. The Kier molecular flexibility index (Phi) is 8.17. The van der Waals surface area contributed by atoms with Gasteiger partial charge in [0, 0.05) is 33.2 Å². The number of hydrogen-bond donors (Lipinski definition) is 0. The zero-order chi connectivity index (χ0) is 40.3. The maximum atomic E-state index is 5.19. The molecule has 0 fully saturated rings. The number of aromatic nitrogens is 3. The van der Waals surface area contributed by atoms with Gasteiger partial charge in [0.15, 0.2) is 5.82 Å². The van der Waals surface area contributed by atoms with Gasteiger partial charge in [-0.3, -0.25) is 0 Å². The van der Waals surface area contributed by atoms with Crippen molar-refractivity contribution in [3.8, 4) is 61.8 Å². The lowest BCUT2D eigenvalue weighted by molar-refractivity contribution is 1.18. The summed E-state index contributed by atoms with van der Waals surface area (Å²) in [4.78, 5) is 10.4. The molecule has 0 saturated heterocycles. The third-order valence-corrected chi connectivity index (χ3v) is 12.1. The minimum Gasteiger partial charge on any atom is -0.309 e. The van der Waals surface area contributed by atoms with Crippen molar-refractivity contribution in [2.45, 2.75) is 0 Å². The normalized spacial score (nSPS) is 11.6. The van der Waals surface area contributed by atoms with E-state index in [1.807, 2.05) is 12.1 Å². The largest absolute Gasteiger partial charge is 0.309 e. The van der Waals surface area contributed by atoms with E-state index in [9.17, 15) is 0 Å². The zero-order valence-electron chi connectivity index (χ0n) is 33.2. The summed E-state index contributed by atoms with van der Waals surface area (Å²) in [6, 6.07) is 80.6. The Morgan fingerprint density at radius 3 is 1.28 bits per heavy atom. The second kappa shape index (κ2) is 14.3. The second-order valence-corrected chi connectivity index (χ2v) is 15.8. The van der Waals surface area contributed by atoms with E-state index in [1.54, 1.807) is 0 Å². The Labute approximate surface area is 353 Å². The second-order valence-electron chi connectivity index (χ2n) is 15.8. The number of fused-ring (bicyclic) bond motifs is 9. The Morgan fingerprint density at radius 1 is 0.246 bits per heavy atom. The average Bonchev–Trinajstić information content (AvgIpc) is 3.67. The fraction of sp³-hybridized carbons (Fsp3) is 0. The fourth-order valence-corrected chi connectivity index (χ4v) is 9.26. The Morgan fingerprint density at radius 2 is 0.705 bits per heavy atom. The molecule has 0 spiro atoms. The van der Waals surface area contributed by atoms with Gasteiger partial charge in [-0.15, -0.1) is 0 Å². The highest BCUT2D eigenvalue weighted by molar-refractivity contribution is 6.29. The van der Waals surface area contributed by atoms with E-state index in [-0.39, 0.29) is 0 Å². The van der Waals surface area contributed by atoms with E-state index >= 15 is 0 Å². The molecular weight excluding hydrogens is 739 g/mol. The highest BCUT2D eigenvalue weighted by Crippen LogP contribution is 2.43. The molecule has 284 valence electrons. The Balaban J connectivity index is 1.10. The molecule has 3 nitrogen and oxygen atoms in total. The number of para-hydroxylation sites is 1. The molecule has 0 aliphatic heterocycles. The number of rotatable bonds is 6. The highest BCUT2D eigenvalue weighted by Gasteiger charge is 2.19. The molecule has 12 rings (SSSR count). The molecule has 0 amide bonds. The molecule has 0 N–H and O–H groups in total. The lowest BCUT2D eigenvalue weighted by Crippen LogP contribution is -1.97. The standard InChI is InChI=1S/C58H37N3/c1-5-17-38(18-6-1)43-31-44(39-19-7-2-8-20-39)33-45(32-43)61-56-28-16-15-27-49(56)53-35-51-48-30-29-42(34-50(48)46-25-13-14-26-47(46)52(51)36-57(53)61)58-59-54(40-21-9-3-10-22-40)37-55(60-58)41-23-11-4-12-24-41/h1-37H. The van der Waals surface area contributed by atoms with E-state index in [0.29, 0.717) is 5.82 Å². The average molecular weight is 776 g/mol. The first kappa shape index (κ1) is 34.9. The molecule has 0 radical (unpaired) electrons. The van der Waals surface area contributed by atoms with Gasteiger partial charge in [0.25, 0.3) is 0 Å². The van der Waals surface area contributed by atoms with Crippen LogP contribution in [0.1, 0.15) is 0 Å². The summed E-state index contributed by atoms with van der Waals surface area (Å²) in [5.41, 5.74) is 13.2. The van der Waals surface area contributed by atoms with Crippen molar-refractivity contribution in [1.82, 2.24) is 14.5 Å². The van der Waals surface area contributed by atoms with Crippen LogP contribution in [-0.4, -0.2) is 14.5 Å². The fourth-order valence-electron chi connectivity index (χ4n) is 9.26. The van der Waals surface area contributed by atoms with Gasteiger partial charge >= 0.3 is 0 Å². The molecule has 0 atom stereocenters. The minimum atomic E-state index is 0.706. The molecular formula is C58H37N3. The predicted octanol–water partition coefficient (Wildman–Crippen LogP) is 15.4. The molecule has 0 saturated carbocycles. The predicted molar refractivity (Wildman–Crippen MR) is 256 cm³/mol. The Hall–Kier alpha value is -8.14. The first-order valence-electron chi connectivity index (χ1n) is 20.8. The first-order chi connectivity index (χ1) is 30.2. The quantitative estimate of drug-likeness (QED) is 0.158. The van der Waals surface area contributed by atoms with E-state index in [0.717, 1.165) is 33.8 Å². The Bertz CT molecular complexity index is 3500. The van der Waals surface area contributed by atoms with Crippen LogP contribution in [0, 0.1) is 0 Å². The van der Waals surface area contributed by atoms with Gasteiger partial charge in [0.2, 0.25) is 0 Å². The first-order valence-corrected chi connectivity index (χ1v) is 20.8. The van der Waals surface area contributed by atoms with E-state index in [1.165, 1.54) is 76.4 Å². The minimum absolute atomic E-state index is 0.706. The van der Waals surface area contributed by atoms with Crippen molar-refractivity contribution < 1.29 is 0 Å². The van der Waals surface area contributed by atoms with Gasteiger partial charge in [-0.25, -0.2) is 9.97 Å². The van der Waals surface area contributed by atoms with E-state index in [2.05, 4.69) is 217 Å². The third kappa shape index (κ3) is 5.98. The van der Waals surface area contributed by atoms with Crippen molar-refractivity contribution in [2.24, 2.45) is 0 Å². The summed E-state index contributed by atoms with van der Waals surface area (Å²) in [6.07, 6.45) is 0. The number of benzene rings is 10. The van der Waals surface area contributed by atoms with Gasteiger partial charge in [-0.05, 0) is 103 Å². The summed E-state index contributed by atoms with van der Waals surface area (Å²) >= 11 is 0. The monoisotopic (exact) mass is 775 g/mol. The van der Waals surface area contributed by atoms with Crippen LogP contribution >= 0.6 is 0 Å². The molecule has 2 aromatic heterocycles. The van der Waals surface area contributed by atoms with Crippen molar-refractivity contribution >= 4 is 54.1 Å². The summed E-state index contributed by atoms with van der Waals surface area (Å²) in [6.45, 7) is 0. The van der Waals surface area contributed by atoms with Crippen molar-refractivity contribution in [1.29, 1.82) is 0 Å². The van der Waals surface area contributed by atoms with Crippen LogP contribution in [0.5, 0.6) is 0 Å². The third-order valence-electron chi connectivity index (χ3n) is 12.1. The molecule has 3 heteroatoms. The SMILES string of the molecule is c1ccc(-c2cc(-c3ccccc3)cc(-n3c4ccccc4c4cc5c6ccc(-c7nc(-c8ccccc8)cc(-c8ccccc8)n7)cc6c6ccccc6c5cc43)c2)cc1. The number of hydrogen-bond acceptors (Lipinski definition) is 2. The van der Waals surface area contributed by atoms with Gasteiger partial charge < -0.3 is 4.57 Å². The van der Waals surface area contributed by atoms with Crippen LogP contribution in [0.25, 0.3) is 116 Å². The topological polar surface area (TPSA) is 30.7 Å².